The monoisotopic (exact) mass is 518 g/mol. The number of likely N-dealkylation sites (tertiary alicyclic amines) is 1. The van der Waals surface area contributed by atoms with Crippen molar-refractivity contribution in [1.29, 1.82) is 0 Å². The van der Waals surface area contributed by atoms with Crippen molar-refractivity contribution in [2.45, 2.75) is 90.0 Å². The average Bonchev–Trinajstić information content (AvgIpc) is 2.93. The molecule has 1 heterocycles. The molecule has 0 aliphatic carbocycles. The molecule has 1 aliphatic heterocycles. The molecule has 5 nitrogen and oxygen atoms in total. The van der Waals surface area contributed by atoms with E-state index in [0.717, 1.165) is 5.69 Å². The van der Waals surface area contributed by atoms with Crippen LogP contribution in [0.25, 0.3) is 0 Å². The van der Waals surface area contributed by atoms with Crippen molar-refractivity contribution >= 4 is 51.6 Å². The zero-order valence-electron chi connectivity index (χ0n) is 21.2. The molecule has 182 valence electrons. The van der Waals surface area contributed by atoms with Crippen LogP contribution in [-0.4, -0.2) is 52.9 Å². The molecule has 1 aliphatic rings. The summed E-state index contributed by atoms with van der Waals surface area (Å²) in [5, 5.41) is 4.66. The normalized spacial score (nSPS) is 20.4. The van der Waals surface area contributed by atoms with E-state index in [4.69, 9.17) is 32.1 Å². The molecular formula is C23H40Cl2N2O3Si2. The summed E-state index contributed by atoms with van der Waals surface area (Å²) < 4.78 is 12.8. The van der Waals surface area contributed by atoms with Crippen LogP contribution in [0.15, 0.2) is 18.2 Å². The molecule has 0 aromatic heterocycles. The van der Waals surface area contributed by atoms with E-state index in [1.54, 1.807) is 11.0 Å². The first-order chi connectivity index (χ1) is 14.3. The lowest BCUT2D eigenvalue weighted by atomic mass is 10.2. The van der Waals surface area contributed by atoms with Crippen LogP contribution in [0.2, 0.25) is 46.3 Å². The number of nitrogens with zero attached hydrogens (tertiary/aromatic N) is 1. The maximum atomic E-state index is 13.1. The summed E-state index contributed by atoms with van der Waals surface area (Å²) in [6, 6.07) is 5.29. The Balaban J connectivity index is 2.26. The molecule has 1 amide bonds. The highest BCUT2D eigenvalue weighted by Crippen LogP contribution is 2.40. The fourth-order valence-corrected chi connectivity index (χ4v) is 5.77. The zero-order valence-corrected chi connectivity index (χ0v) is 24.7. The third-order valence-electron chi connectivity index (χ3n) is 7.14. The Kier molecular flexibility index (Phi) is 8.16. The Morgan fingerprint density at radius 1 is 0.938 bits per heavy atom. The topological polar surface area (TPSA) is 50.8 Å². The fraction of sp³-hybridized carbons (Fsp3) is 0.696. The lowest BCUT2D eigenvalue weighted by Crippen LogP contribution is -2.48. The maximum Gasteiger partial charge on any atom is 0.396 e. The Morgan fingerprint density at radius 2 is 1.44 bits per heavy atom. The van der Waals surface area contributed by atoms with Gasteiger partial charge in [-0.15, -0.1) is 0 Å². The molecule has 0 spiro atoms. The summed E-state index contributed by atoms with van der Waals surface area (Å²) in [5.74, 6) is 0. The van der Waals surface area contributed by atoms with Crippen LogP contribution < -0.4 is 5.32 Å². The van der Waals surface area contributed by atoms with E-state index in [0.29, 0.717) is 23.1 Å². The summed E-state index contributed by atoms with van der Waals surface area (Å²) in [4.78, 5) is 14.9. The SMILES string of the molecule is CC(C)(C)[Si](C)(C)OC(=O)N1C[C@H](Nc2cc(Cl)cc(Cl)c2)[C@@H](O[Si](C)(C)C(C)(C)C)C1. The number of amides is 1. The Hall–Kier alpha value is -0.736. The predicted molar refractivity (Wildman–Crippen MR) is 141 cm³/mol. The second-order valence-corrected chi connectivity index (χ2v) is 22.2. The number of hydrogen-bond acceptors (Lipinski definition) is 4. The Labute approximate surface area is 206 Å². The summed E-state index contributed by atoms with van der Waals surface area (Å²) in [6.45, 7) is 22.7. The lowest BCUT2D eigenvalue weighted by Gasteiger charge is -2.39. The second-order valence-electron chi connectivity index (χ2n) is 11.9. The van der Waals surface area contributed by atoms with Gasteiger partial charge >= 0.3 is 6.09 Å². The summed E-state index contributed by atoms with van der Waals surface area (Å²) in [6.07, 6.45) is -0.408. The minimum absolute atomic E-state index is 0.0470. The van der Waals surface area contributed by atoms with Crippen LogP contribution in [0, 0.1) is 0 Å². The fourth-order valence-electron chi connectivity index (χ4n) is 3.02. The molecule has 2 rings (SSSR count). The highest BCUT2D eigenvalue weighted by atomic mass is 35.5. The van der Waals surface area contributed by atoms with Gasteiger partial charge in [-0.05, 0) is 54.5 Å². The van der Waals surface area contributed by atoms with Gasteiger partial charge in [0, 0.05) is 22.3 Å². The molecular weight excluding hydrogens is 479 g/mol. The first-order valence-corrected chi connectivity index (χ1v) is 17.8. The van der Waals surface area contributed by atoms with Crippen molar-refractivity contribution in [2.75, 3.05) is 18.4 Å². The van der Waals surface area contributed by atoms with Gasteiger partial charge in [0.25, 0.3) is 8.32 Å². The standard InChI is InChI=1S/C23H40Cl2N2O3Si2/c1-22(2,3)31(7,8)29-20-15-27(21(28)30-32(9,10)23(4,5)6)14-19(20)26-18-12-16(24)11-17(25)13-18/h11-13,19-20,26H,14-15H2,1-10H3/t19-,20-/m0/s1. The van der Waals surface area contributed by atoms with E-state index in [-0.39, 0.29) is 28.3 Å². The largest absolute Gasteiger partial charge is 0.503 e. The molecule has 1 N–H and O–H groups in total. The van der Waals surface area contributed by atoms with Crippen molar-refractivity contribution in [3.8, 4) is 0 Å². The Bertz CT molecular complexity index is 815. The van der Waals surface area contributed by atoms with E-state index < -0.39 is 16.6 Å². The number of nitrogens with one attached hydrogen (secondary N) is 1. The summed E-state index contributed by atoms with van der Waals surface area (Å²) >= 11 is 12.4. The predicted octanol–water partition coefficient (Wildman–Crippen LogP) is 7.62. The summed E-state index contributed by atoms with van der Waals surface area (Å²) in [5.41, 5.74) is 0.816. The molecule has 9 heteroatoms. The van der Waals surface area contributed by atoms with Gasteiger partial charge in [-0.25, -0.2) is 4.79 Å². The van der Waals surface area contributed by atoms with Gasteiger partial charge in [0.05, 0.1) is 18.7 Å². The van der Waals surface area contributed by atoms with Gasteiger partial charge < -0.3 is 19.1 Å². The number of benzene rings is 1. The van der Waals surface area contributed by atoms with E-state index in [9.17, 15) is 4.79 Å². The first kappa shape index (κ1) is 27.5. The molecule has 0 unspecified atom stereocenters. The van der Waals surface area contributed by atoms with Gasteiger partial charge in [0.2, 0.25) is 0 Å². The second kappa shape index (κ2) is 9.49. The molecule has 1 fully saturated rings. The number of carbonyl (C=O) groups excluding carboxylic acids is 1. The van der Waals surface area contributed by atoms with Crippen molar-refractivity contribution in [3.63, 3.8) is 0 Å². The van der Waals surface area contributed by atoms with Crippen molar-refractivity contribution < 1.29 is 13.6 Å². The first-order valence-electron chi connectivity index (χ1n) is 11.2. The van der Waals surface area contributed by atoms with Crippen LogP contribution in [0.3, 0.4) is 0 Å². The highest BCUT2D eigenvalue weighted by Gasteiger charge is 2.47. The van der Waals surface area contributed by atoms with Gasteiger partial charge in [-0.1, -0.05) is 64.7 Å². The minimum atomic E-state index is -2.22. The average molecular weight is 520 g/mol. The third-order valence-corrected chi connectivity index (χ3v) is 16.4. The van der Waals surface area contributed by atoms with Crippen LogP contribution >= 0.6 is 23.2 Å². The number of anilines is 1. The Morgan fingerprint density at radius 3 is 1.91 bits per heavy atom. The molecule has 32 heavy (non-hydrogen) atoms. The van der Waals surface area contributed by atoms with Gasteiger partial charge in [0.1, 0.15) is 0 Å². The molecule has 1 saturated heterocycles. The van der Waals surface area contributed by atoms with E-state index in [1.165, 1.54) is 0 Å². The van der Waals surface area contributed by atoms with E-state index in [1.807, 2.05) is 12.1 Å². The maximum absolute atomic E-state index is 13.1. The zero-order chi connectivity index (χ0) is 24.7. The lowest BCUT2D eigenvalue weighted by molar-refractivity contribution is 0.143. The van der Waals surface area contributed by atoms with Crippen LogP contribution in [0.1, 0.15) is 41.5 Å². The van der Waals surface area contributed by atoms with Crippen LogP contribution in [-0.2, 0) is 8.85 Å². The van der Waals surface area contributed by atoms with E-state index in [2.05, 4.69) is 73.0 Å². The van der Waals surface area contributed by atoms with Crippen LogP contribution in [0.4, 0.5) is 10.5 Å². The molecule has 1 aromatic carbocycles. The van der Waals surface area contributed by atoms with E-state index >= 15 is 0 Å². The number of rotatable bonds is 5. The van der Waals surface area contributed by atoms with Gasteiger partial charge in [-0.3, -0.25) is 0 Å². The number of carbonyl (C=O) groups is 1. The summed E-state index contributed by atoms with van der Waals surface area (Å²) in [7, 11) is -4.28. The minimum Gasteiger partial charge on any atom is -0.503 e. The molecule has 2 atom stereocenters. The highest BCUT2D eigenvalue weighted by molar-refractivity contribution is 6.75. The molecule has 1 aromatic rings. The van der Waals surface area contributed by atoms with Crippen LogP contribution in [0.5, 0.6) is 0 Å². The number of hydrogen-bond donors (Lipinski definition) is 1. The van der Waals surface area contributed by atoms with Crippen molar-refractivity contribution in [1.82, 2.24) is 4.90 Å². The molecule has 0 bridgehead atoms. The molecule has 0 radical (unpaired) electrons. The van der Waals surface area contributed by atoms with Gasteiger partial charge in [-0.2, -0.15) is 0 Å². The van der Waals surface area contributed by atoms with Crippen molar-refractivity contribution in [3.05, 3.63) is 28.2 Å². The quantitative estimate of drug-likeness (QED) is 0.407. The third kappa shape index (κ3) is 6.66. The molecule has 0 saturated carbocycles. The number of halogens is 2. The smallest absolute Gasteiger partial charge is 0.396 e. The van der Waals surface area contributed by atoms with Gasteiger partial charge in [0.15, 0.2) is 8.32 Å². The van der Waals surface area contributed by atoms with Crippen molar-refractivity contribution in [2.24, 2.45) is 0 Å².